The molecule has 1 aromatic carbocycles. The van der Waals surface area contributed by atoms with Crippen LogP contribution in [0.15, 0.2) is 30.6 Å². The fraction of sp³-hybridized carbons (Fsp3) is 0.250. The molecule has 0 unspecified atom stereocenters. The van der Waals surface area contributed by atoms with E-state index in [1.54, 1.807) is 0 Å². The Kier molecular flexibility index (Phi) is 4.41. The number of hydrogen-bond acceptors (Lipinski definition) is 4. The quantitative estimate of drug-likeness (QED) is 0.880. The lowest BCUT2D eigenvalue weighted by Gasteiger charge is -2.09. The van der Waals surface area contributed by atoms with Crippen molar-refractivity contribution < 1.29 is 22.7 Å². The van der Waals surface area contributed by atoms with E-state index < -0.39 is 12.3 Å². The molecule has 1 amide bonds. The van der Waals surface area contributed by atoms with E-state index in [0.717, 1.165) is 12.1 Å². The first kappa shape index (κ1) is 14.8. The van der Waals surface area contributed by atoms with Gasteiger partial charge in [-0.2, -0.15) is 5.10 Å². The molecule has 0 aliphatic heterocycles. The van der Waals surface area contributed by atoms with E-state index >= 15 is 0 Å². The Morgan fingerprint density at radius 1 is 1.29 bits per heavy atom. The van der Waals surface area contributed by atoms with Crippen molar-refractivity contribution in [1.82, 2.24) is 20.5 Å². The lowest BCUT2D eigenvalue weighted by atomic mass is 10.2. The molecule has 0 bridgehead atoms. The summed E-state index contributed by atoms with van der Waals surface area (Å²) < 4.78 is 39.7. The Hall–Kier alpha value is -2.58. The van der Waals surface area contributed by atoms with Crippen LogP contribution in [0.4, 0.5) is 13.2 Å². The van der Waals surface area contributed by atoms with Gasteiger partial charge in [-0.05, 0) is 24.3 Å². The number of halogens is 3. The monoisotopic (exact) mass is 300 g/mol. The van der Waals surface area contributed by atoms with Crippen molar-refractivity contribution in [3.8, 4) is 5.75 Å². The summed E-state index contributed by atoms with van der Waals surface area (Å²) in [5.41, 5.74) is 0.238. The number of carbonyl (C=O) groups is 1. The number of benzene rings is 1. The van der Waals surface area contributed by atoms with E-state index in [1.165, 1.54) is 18.5 Å². The summed E-state index contributed by atoms with van der Waals surface area (Å²) >= 11 is 0. The van der Waals surface area contributed by atoms with Gasteiger partial charge in [0.1, 0.15) is 17.9 Å². The van der Waals surface area contributed by atoms with Crippen molar-refractivity contribution in [3.63, 3.8) is 0 Å². The maximum absolute atomic E-state index is 12.0. The van der Waals surface area contributed by atoms with Crippen LogP contribution in [0.5, 0.6) is 5.75 Å². The molecular formula is C12H11F3N4O2. The Bertz CT molecular complexity index is 582. The van der Waals surface area contributed by atoms with Gasteiger partial charge in [-0.25, -0.2) is 4.98 Å². The molecule has 0 saturated carbocycles. The van der Waals surface area contributed by atoms with Gasteiger partial charge in [0, 0.05) is 18.5 Å². The molecule has 0 fully saturated rings. The molecule has 1 heterocycles. The SMILES string of the molecule is O=C(NCCc1ncn[nH]1)c1ccc(OC(F)(F)F)cc1. The minimum absolute atomic E-state index is 0.238. The number of aromatic nitrogens is 3. The van der Waals surface area contributed by atoms with Crippen molar-refractivity contribution >= 4 is 5.91 Å². The smallest absolute Gasteiger partial charge is 0.406 e. The second-order valence-corrected chi connectivity index (χ2v) is 4.01. The Morgan fingerprint density at radius 3 is 2.57 bits per heavy atom. The number of H-pyrrole nitrogens is 1. The number of alkyl halides is 3. The first-order valence-electron chi connectivity index (χ1n) is 5.92. The van der Waals surface area contributed by atoms with Crippen molar-refractivity contribution in [2.24, 2.45) is 0 Å². The van der Waals surface area contributed by atoms with Crippen LogP contribution in [-0.4, -0.2) is 34.0 Å². The van der Waals surface area contributed by atoms with E-state index in [9.17, 15) is 18.0 Å². The first-order chi connectivity index (χ1) is 9.94. The standard InChI is InChI=1S/C12H11F3N4O2/c13-12(14,15)21-9-3-1-8(2-4-9)11(20)16-6-5-10-17-7-18-19-10/h1-4,7H,5-6H2,(H,16,20)(H,17,18,19). The largest absolute Gasteiger partial charge is 0.573 e. The fourth-order valence-electron chi connectivity index (χ4n) is 1.56. The van der Waals surface area contributed by atoms with Crippen LogP contribution < -0.4 is 10.1 Å². The maximum Gasteiger partial charge on any atom is 0.573 e. The summed E-state index contributed by atoms with van der Waals surface area (Å²) in [4.78, 5) is 15.6. The van der Waals surface area contributed by atoms with Gasteiger partial charge in [0.25, 0.3) is 5.91 Å². The Balaban J connectivity index is 1.85. The number of amides is 1. The lowest BCUT2D eigenvalue weighted by Crippen LogP contribution is -2.26. The van der Waals surface area contributed by atoms with Crippen LogP contribution in [0, 0.1) is 0 Å². The molecule has 0 aliphatic rings. The van der Waals surface area contributed by atoms with E-state index in [2.05, 4.69) is 25.2 Å². The number of carbonyl (C=O) groups excluding carboxylic acids is 1. The van der Waals surface area contributed by atoms with Crippen molar-refractivity contribution in [2.45, 2.75) is 12.8 Å². The van der Waals surface area contributed by atoms with Crippen LogP contribution in [0.2, 0.25) is 0 Å². The molecule has 0 spiro atoms. The molecule has 9 heteroatoms. The minimum atomic E-state index is -4.75. The fourth-order valence-corrected chi connectivity index (χ4v) is 1.56. The highest BCUT2D eigenvalue weighted by atomic mass is 19.4. The molecule has 6 nitrogen and oxygen atoms in total. The Labute approximate surface area is 117 Å². The first-order valence-corrected chi connectivity index (χ1v) is 5.92. The number of rotatable bonds is 5. The Morgan fingerprint density at radius 2 is 2.00 bits per heavy atom. The second kappa shape index (κ2) is 6.25. The number of nitrogens with one attached hydrogen (secondary N) is 2. The summed E-state index contributed by atoms with van der Waals surface area (Å²) in [6.45, 7) is 0.328. The van der Waals surface area contributed by atoms with Crippen LogP contribution >= 0.6 is 0 Å². The topological polar surface area (TPSA) is 79.9 Å². The van der Waals surface area contributed by atoms with Crippen LogP contribution in [0.25, 0.3) is 0 Å². The predicted octanol–water partition coefficient (Wildman–Crippen LogP) is 1.68. The molecule has 2 aromatic rings. The van der Waals surface area contributed by atoms with Gasteiger partial charge in [0.15, 0.2) is 0 Å². The minimum Gasteiger partial charge on any atom is -0.406 e. The van der Waals surface area contributed by atoms with Crippen molar-refractivity contribution in [3.05, 3.63) is 42.0 Å². The summed E-state index contributed by atoms with van der Waals surface area (Å²) in [5, 5.41) is 8.92. The van der Waals surface area contributed by atoms with E-state index in [1.807, 2.05) is 0 Å². The van der Waals surface area contributed by atoms with E-state index in [4.69, 9.17) is 0 Å². The normalized spacial score (nSPS) is 11.2. The van der Waals surface area contributed by atoms with Gasteiger partial charge in [0.05, 0.1) is 0 Å². The van der Waals surface area contributed by atoms with Gasteiger partial charge in [-0.3, -0.25) is 9.89 Å². The van der Waals surface area contributed by atoms with E-state index in [0.29, 0.717) is 18.8 Å². The highest BCUT2D eigenvalue weighted by Gasteiger charge is 2.31. The van der Waals surface area contributed by atoms with E-state index in [-0.39, 0.29) is 11.3 Å². The zero-order chi connectivity index (χ0) is 15.3. The van der Waals surface area contributed by atoms with Gasteiger partial charge < -0.3 is 10.1 Å². The average Bonchev–Trinajstić information content (AvgIpc) is 2.91. The number of hydrogen-bond donors (Lipinski definition) is 2. The maximum atomic E-state index is 12.0. The molecule has 21 heavy (non-hydrogen) atoms. The zero-order valence-corrected chi connectivity index (χ0v) is 10.6. The molecule has 1 aromatic heterocycles. The highest BCUT2D eigenvalue weighted by Crippen LogP contribution is 2.22. The third kappa shape index (κ3) is 4.79. The summed E-state index contributed by atoms with van der Waals surface area (Å²) in [5.74, 6) is -0.141. The molecule has 112 valence electrons. The van der Waals surface area contributed by atoms with Crippen LogP contribution in [0.1, 0.15) is 16.2 Å². The van der Waals surface area contributed by atoms with Crippen LogP contribution in [0.3, 0.4) is 0 Å². The molecular weight excluding hydrogens is 289 g/mol. The molecule has 0 atom stereocenters. The lowest BCUT2D eigenvalue weighted by molar-refractivity contribution is -0.274. The van der Waals surface area contributed by atoms with Gasteiger partial charge in [-0.1, -0.05) is 0 Å². The summed E-state index contributed by atoms with van der Waals surface area (Å²) in [6.07, 6.45) is -2.92. The molecule has 0 aliphatic carbocycles. The van der Waals surface area contributed by atoms with Gasteiger partial charge in [-0.15, -0.1) is 13.2 Å². The number of nitrogens with zero attached hydrogens (tertiary/aromatic N) is 2. The van der Waals surface area contributed by atoms with Gasteiger partial charge in [0.2, 0.25) is 0 Å². The predicted molar refractivity (Wildman–Crippen MR) is 65.5 cm³/mol. The van der Waals surface area contributed by atoms with Crippen molar-refractivity contribution in [1.29, 1.82) is 0 Å². The third-order valence-electron chi connectivity index (χ3n) is 2.46. The third-order valence-corrected chi connectivity index (χ3v) is 2.46. The second-order valence-electron chi connectivity index (χ2n) is 4.01. The summed E-state index contributed by atoms with van der Waals surface area (Å²) in [7, 11) is 0. The number of aromatic amines is 1. The molecule has 0 saturated heterocycles. The highest BCUT2D eigenvalue weighted by molar-refractivity contribution is 5.94. The van der Waals surface area contributed by atoms with Gasteiger partial charge >= 0.3 is 6.36 Å². The zero-order valence-electron chi connectivity index (χ0n) is 10.6. The molecule has 2 N–H and O–H groups in total. The van der Waals surface area contributed by atoms with Crippen LogP contribution in [-0.2, 0) is 6.42 Å². The average molecular weight is 300 g/mol. The number of ether oxygens (including phenoxy) is 1. The molecule has 2 rings (SSSR count). The molecule has 0 radical (unpaired) electrons. The van der Waals surface area contributed by atoms with Crippen molar-refractivity contribution in [2.75, 3.05) is 6.54 Å². The summed E-state index contributed by atoms with van der Waals surface area (Å²) in [6, 6.07) is 4.67.